The van der Waals surface area contributed by atoms with E-state index in [9.17, 15) is 9.59 Å². The van der Waals surface area contributed by atoms with Crippen LogP contribution >= 0.6 is 0 Å². The van der Waals surface area contributed by atoms with Crippen LogP contribution in [0.3, 0.4) is 0 Å². The number of fused-ring (bicyclic) bond motifs is 1. The van der Waals surface area contributed by atoms with E-state index in [0.717, 1.165) is 28.8 Å². The molecule has 2 N–H and O–H groups in total. The summed E-state index contributed by atoms with van der Waals surface area (Å²) in [5.74, 6) is 0.694. The second-order valence-corrected chi connectivity index (χ2v) is 8.03. The molecule has 2 amide bonds. The Morgan fingerprint density at radius 2 is 1.58 bits per heavy atom. The smallest absolute Gasteiger partial charge is 0.251 e. The van der Waals surface area contributed by atoms with E-state index in [2.05, 4.69) is 10.6 Å². The zero-order valence-corrected chi connectivity index (χ0v) is 18.7. The van der Waals surface area contributed by atoms with Crippen LogP contribution in [-0.4, -0.2) is 27.9 Å². The number of nitrogens with one attached hydrogen (secondary N) is 2. The van der Waals surface area contributed by atoms with Crippen molar-refractivity contribution in [1.82, 2.24) is 20.2 Å². The van der Waals surface area contributed by atoms with E-state index < -0.39 is 0 Å². The lowest BCUT2D eigenvalue weighted by atomic mass is 10.1. The minimum Gasteiger partial charge on any atom is -0.352 e. The Hall–Kier alpha value is -3.93. The predicted molar refractivity (Wildman–Crippen MR) is 130 cm³/mol. The molecule has 0 aliphatic carbocycles. The van der Waals surface area contributed by atoms with E-state index in [1.165, 1.54) is 0 Å². The Morgan fingerprint density at radius 1 is 0.909 bits per heavy atom. The van der Waals surface area contributed by atoms with Gasteiger partial charge in [0.15, 0.2) is 0 Å². The van der Waals surface area contributed by atoms with Crippen molar-refractivity contribution < 1.29 is 9.59 Å². The van der Waals surface area contributed by atoms with Gasteiger partial charge < -0.3 is 15.2 Å². The molecule has 6 nitrogen and oxygen atoms in total. The topological polar surface area (TPSA) is 76.0 Å². The van der Waals surface area contributed by atoms with Gasteiger partial charge in [0.25, 0.3) is 5.91 Å². The molecule has 4 aromatic rings. The Labute approximate surface area is 193 Å². The summed E-state index contributed by atoms with van der Waals surface area (Å²) >= 11 is 0. The molecule has 0 aliphatic rings. The summed E-state index contributed by atoms with van der Waals surface area (Å²) in [5.41, 5.74) is 3.51. The van der Waals surface area contributed by atoms with Crippen LogP contribution in [-0.2, 0) is 17.8 Å². The summed E-state index contributed by atoms with van der Waals surface area (Å²) in [6, 6.07) is 26.8. The average molecular weight is 441 g/mol. The van der Waals surface area contributed by atoms with Gasteiger partial charge in [-0.1, -0.05) is 60.7 Å². The van der Waals surface area contributed by atoms with E-state index in [1.807, 2.05) is 84.3 Å². The van der Waals surface area contributed by atoms with Crippen LogP contribution in [0.25, 0.3) is 11.0 Å². The first-order valence-corrected chi connectivity index (χ1v) is 11.2. The second kappa shape index (κ2) is 10.6. The molecule has 0 fully saturated rings. The van der Waals surface area contributed by atoms with Gasteiger partial charge in [0.1, 0.15) is 12.4 Å². The summed E-state index contributed by atoms with van der Waals surface area (Å²) in [6.07, 6.45) is 1.38. The van der Waals surface area contributed by atoms with Crippen LogP contribution in [0.15, 0.2) is 84.9 Å². The third kappa shape index (κ3) is 5.66. The Morgan fingerprint density at radius 3 is 2.33 bits per heavy atom. The number of aryl methyl sites for hydroxylation is 1. The lowest BCUT2D eigenvalue weighted by molar-refractivity contribution is -0.122. The van der Waals surface area contributed by atoms with Crippen molar-refractivity contribution in [1.29, 1.82) is 0 Å². The highest BCUT2D eigenvalue weighted by Gasteiger charge is 2.15. The number of carbonyl (C=O) groups excluding carboxylic acids is 2. The van der Waals surface area contributed by atoms with E-state index in [4.69, 9.17) is 4.98 Å². The van der Waals surface area contributed by atoms with Gasteiger partial charge in [-0.05, 0) is 43.2 Å². The number of amides is 2. The molecule has 1 aromatic heterocycles. The Kier molecular flexibility index (Phi) is 7.15. The number of carbonyl (C=O) groups is 2. The molecule has 1 unspecified atom stereocenters. The highest BCUT2D eigenvalue weighted by Crippen LogP contribution is 2.18. The maximum Gasteiger partial charge on any atom is 0.251 e. The van der Waals surface area contributed by atoms with E-state index in [0.29, 0.717) is 18.5 Å². The van der Waals surface area contributed by atoms with Crippen LogP contribution in [0.2, 0.25) is 0 Å². The van der Waals surface area contributed by atoms with E-state index >= 15 is 0 Å². The molecule has 0 bridgehead atoms. The monoisotopic (exact) mass is 440 g/mol. The zero-order chi connectivity index (χ0) is 23.0. The normalized spacial score (nSPS) is 11.8. The molecule has 3 aromatic carbocycles. The number of rotatable bonds is 9. The third-order valence-corrected chi connectivity index (χ3v) is 5.61. The number of hydrogen-bond acceptors (Lipinski definition) is 3. The molecule has 0 radical (unpaired) electrons. The second-order valence-electron chi connectivity index (χ2n) is 8.03. The molecule has 0 saturated carbocycles. The fraction of sp³-hybridized carbons (Fsp3) is 0.222. The average Bonchev–Trinajstić information content (AvgIpc) is 3.19. The number of benzene rings is 3. The minimum absolute atomic E-state index is 0.0619. The van der Waals surface area contributed by atoms with Crippen molar-refractivity contribution in [2.24, 2.45) is 0 Å². The first-order chi connectivity index (χ1) is 16.1. The molecule has 6 heteroatoms. The van der Waals surface area contributed by atoms with Crippen molar-refractivity contribution in [2.45, 2.75) is 32.4 Å². The number of hydrogen-bond donors (Lipinski definition) is 2. The van der Waals surface area contributed by atoms with Crippen molar-refractivity contribution in [3.63, 3.8) is 0 Å². The van der Waals surface area contributed by atoms with Crippen molar-refractivity contribution in [2.75, 3.05) is 6.54 Å². The van der Waals surface area contributed by atoms with Gasteiger partial charge in [0.2, 0.25) is 5.91 Å². The molecule has 1 heterocycles. The highest BCUT2D eigenvalue weighted by atomic mass is 16.2. The Balaban J connectivity index is 1.40. The molecule has 1 atom stereocenters. The van der Waals surface area contributed by atoms with Gasteiger partial charge in [-0.3, -0.25) is 9.59 Å². The lowest BCUT2D eigenvalue weighted by Crippen LogP contribution is -2.30. The van der Waals surface area contributed by atoms with E-state index in [-0.39, 0.29) is 24.4 Å². The number of aromatic nitrogens is 2. The third-order valence-electron chi connectivity index (χ3n) is 5.61. The zero-order valence-electron chi connectivity index (χ0n) is 18.7. The fourth-order valence-electron chi connectivity index (χ4n) is 3.89. The predicted octanol–water partition coefficient (Wildman–Crippen LogP) is 4.28. The van der Waals surface area contributed by atoms with Gasteiger partial charge >= 0.3 is 0 Å². The van der Waals surface area contributed by atoms with Crippen molar-refractivity contribution in [3.8, 4) is 0 Å². The molecular formula is C27H28N4O2. The first-order valence-electron chi connectivity index (χ1n) is 11.2. The van der Waals surface area contributed by atoms with Gasteiger partial charge in [0.05, 0.1) is 17.1 Å². The Bertz CT molecular complexity index is 1220. The van der Waals surface area contributed by atoms with Gasteiger partial charge in [0, 0.05) is 18.5 Å². The maximum absolute atomic E-state index is 12.8. The molecule has 168 valence electrons. The van der Waals surface area contributed by atoms with Crippen LogP contribution in [0.5, 0.6) is 0 Å². The number of imidazole rings is 1. The molecule has 0 aliphatic heterocycles. The summed E-state index contributed by atoms with van der Waals surface area (Å²) in [5, 5.41) is 6.03. The number of para-hydroxylation sites is 2. The fourth-order valence-corrected chi connectivity index (χ4v) is 3.89. The van der Waals surface area contributed by atoms with Gasteiger partial charge in [-0.2, -0.15) is 0 Å². The first kappa shape index (κ1) is 22.3. The summed E-state index contributed by atoms with van der Waals surface area (Å²) in [4.78, 5) is 29.8. The quantitative estimate of drug-likeness (QED) is 0.382. The van der Waals surface area contributed by atoms with Crippen LogP contribution in [0.1, 0.15) is 41.1 Å². The van der Waals surface area contributed by atoms with Crippen LogP contribution in [0.4, 0.5) is 0 Å². The molecular weight excluding hydrogens is 412 g/mol. The molecule has 0 spiro atoms. The van der Waals surface area contributed by atoms with Gasteiger partial charge in [-0.15, -0.1) is 0 Å². The largest absolute Gasteiger partial charge is 0.352 e. The van der Waals surface area contributed by atoms with E-state index in [1.54, 1.807) is 12.1 Å². The number of nitrogens with zero attached hydrogens (tertiary/aromatic N) is 2. The summed E-state index contributed by atoms with van der Waals surface area (Å²) in [7, 11) is 0. The molecule has 4 rings (SSSR count). The standard InChI is InChI=1S/C27H28N4O2/c1-20(21-11-4-2-5-12-21)29-26(32)19-31-24-16-9-8-15-23(24)30-25(31)17-10-18-28-27(33)22-13-6-3-7-14-22/h2-9,11-16,20H,10,17-19H2,1H3,(H,28,33)(H,29,32). The van der Waals surface area contributed by atoms with Gasteiger partial charge in [-0.25, -0.2) is 4.98 Å². The summed E-state index contributed by atoms with van der Waals surface area (Å²) in [6.45, 7) is 2.72. The van der Waals surface area contributed by atoms with Crippen LogP contribution < -0.4 is 10.6 Å². The van der Waals surface area contributed by atoms with Crippen molar-refractivity contribution >= 4 is 22.8 Å². The van der Waals surface area contributed by atoms with Crippen molar-refractivity contribution in [3.05, 3.63) is 102 Å². The summed E-state index contributed by atoms with van der Waals surface area (Å²) < 4.78 is 1.97. The molecule has 33 heavy (non-hydrogen) atoms. The SMILES string of the molecule is CC(NC(=O)Cn1c(CCCNC(=O)c2ccccc2)nc2ccccc21)c1ccccc1. The maximum atomic E-state index is 12.8. The minimum atomic E-state index is -0.0848. The molecule has 0 saturated heterocycles. The van der Waals surface area contributed by atoms with Crippen LogP contribution in [0, 0.1) is 0 Å². The lowest BCUT2D eigenvalue weighted by Gasteiger charge is -2.16. The highest BCUT2D eigenvalue weighted by molar-refractivity contribution is 5.94.